The Balaban J connectivity index is 0.944. The summed E-state index contributed by atoms with van der Waals surface area (Å²) in [7, 11) is 0. The Hall–Kier alpha value is -7.79. The van der Waals surface area contributed by atoms with E-state index in [0.717, 1.165) is 33.4 Å². The van der Waals surface area contributed by atoms with Crippen molar-refractivity contribution < 1.29 is 0 Å². The Labute approximate surface area is 364 Å². The number of hydrogen-bond acceptors (Lipinski definition) is 4. The second kappa shape index (κ2) is 14.7. The van der Waals surface area contributed by atoms with Gasteiger partial charge in [-0.05, 0) is 86.0 Å². The van der Waals surface area contributed by atoms with Crippen molar-refractivity contribution in [2.24, 2.45) is 0 Å². The lowest BCUT2D eigenvalue weighted by molar-refractivity contribution is 0.770. The molecule has 2 aromatic heterocycles. The van der Waals surface area contributed by atoms with Gasteiger partial charge in [0, 0.05) is 36.9 Å². The van der Waals surface area contributed by atoms with Crippen molar-refractivity contribution in [1.29, 1.82) is 0 Å². The number of hydrogen-bond donors (Lipinski definition) is 0. The van der Waals surface area contributed by atoms with Gasteiger partial charge in [-0.25, -0.2) is 15.0 Å². The zero-order valence-electron chi connectivity index (χ0n) is 33.6. The van der Waals surface area contributed by atoms with Gasteiger partial charge in [-0.3, -0.25) is 0 Å². The lowest BCUT2D eigenvalue weighted by atomic mass is 9.67. The van der Waals surface area contributed by atoms with Crippen molar-refractivity contribution in [3.63, 3.8) is 0 Å². The molecule has 3 nitrogen and oxygen atoms in total. The second-order valence-electron chi connectivity index (χ2n) is 15.9. The fourth-order valence-corrected chi connectivity index (χ4v) is 10.6. The molecule has 0 bridgehead atoms. The SMILES string of the molecule is c1ccc(-c2nc(-c3ccccc3)nc(-c3cccc(-c4cccc(-c5ccc(C6(c7ccc8sc9ccccc9c8c7)c7ccccc7-c7ccccc76)cc5)c4)c3)n2)cc1. The summed E-state index contributed by atoms with van der Waals surface area (Å²) in [5.41, 5.74) is 14.7. The Morgan fingerprint density at radius 2 is 0.742 bits per heavy atom. The molecule has 0 radical (unpaired) electrons. The van der Waals surface area contributed by atoms with Gasteiger partial charge in [0.1, 0.15) is 0 Å². The molecule has 1 aliphatic rings. The van der Waals surface area contributed by atoms with Crippen molar-refractivity contribution >= 4 is 31.5 Å². The van der Waals surface area contributed by atoms with E-state index in [0.29, 0.717) is 17.5 Å². The van der Waals surface area contributed by atoms with Gasteiger partial charge < -0.3 is 0 Å². The van der Waals surface area contributed by atoms with Gasteiger partial charge in [0.25, 0.3) is 0 Å². The zero-order valence-corrected chi connectivity index (χ0v) is 34.4. The van der Waals surface area contributed by atoms with Crippen LogP contribution in [0.5, 0.6) is 0 Å². The number of benzene rings is 9. The summed E-state index contributed by atoms with van der Waals surface area (Å²) in [5, 5.41) is 2.62. The predicted molar refractivity (Wildman–Crippen MR) is 257 cm³/mol. The second-order valence-corrected chi connectivity index (χ2v) is 17.0. The highest BCUT2D eigenvalue weighted by molar-refractivity contribution is 7.25. The van der Waals surface area contributed by atoms with Crippen LogP contribution in [0.25, 0.3) is 87.7 Å². The van der Waals surface area contributed by atoms with Crippen molar-refractivity contribution in [1.82, 2.24) is 15.0 Å². The molecular weight excluding hydrogens is 771 g/mol. The van der Waals surface area contributed by atoms with Gasteiger partial charge in [0.15, 0.2) is 17.5 Å². The summed E-state index contributed by atoms with van der Waals surface area (Å²) >= 11 is 1.87. The van der Waals surface area contributed by atoms with E-state index in [4.69, 9.17) is 15.0 Å². The lowest BCUT2D eigenvalue weighted by Gasteiger charge is -2.34. The monoisotopic (exact) mass is 807 g/mol. The van der Waals surface area contributed by atoms with Gasteiger partial charge in [0.05, 0.1) is 5.41 Å². The lowest BCUT2D eigenvalue weighted by Crippen LogP contribution is -2.28. The smallest absolute Gasteiger partial charge is 0.164 e. The fraction of sp³-hybridized carbons (Fsp3) is 0.0172. The molecule has 9 aromatic carbocycles. The molecule has 0 atom stereocenters. The van der Waals surface area contributed by atoms with Crippen molar-refractivity contribution in [2.45, 2.75) is 5.41 Å². The first-order valence-electron chi connectivity index (χ1n) is 21.0. The first-order valence-corrected chi connectivity index (χ1v) is 21.8. The third kappa shape index (κ3) is 5.91. The minimum absolute atomic E-state index is 0.485. The highest BCUT2D eigenvalue weighted by Crippen LogP contribution is 2.56. The van der Waals surface area contributed by atoms with E-state index in [9.17, 15) is 0 Å². The Kier molecular flexibility index (Phi) is 8.58. The van der Waals surface area contributed by atoms with Crippen molar-refractivity contribution in [3.8, 4) is 67.5 Å². The van der Waals surface area contributed by atoms with Gasteiger partial charge in [-0.2, -0.15) is 0 Å². The van der Waals surface area contributed by atoms with Crippen molar-refractivity contribution in [2.75, 3.05) is 0 Å². The van der Waals surface area contributed by atoms with Crippen molar-refractivity contribution in [3.05, 3.63) is 247 Å². The molecule has 1 aliphatic carbocycles. The summed E-state index contributed by atoms with van der Waals surface area (Å²) < 4.78 is 2.63. The minimum atomic E-state index is -0.485. The van der Waals surface area contributed by atoms with Crippen LogP contribution in [0.4, 0.5) is 0 Å². The highest BCUT2D eigenvalue weighted by Gasteiger charge is 2.46. The summed E-state index contributed by atoms with van der Waals surface area (Å²) in [5.74, 6) is 1.94. The van der Waals surface area contributed by atoms with E-state index in [1.807, 2.05) is 72.0 Å². The average molecular weight is 808 g/mol. The van der Waals surface area contributed by atoms with E-state index in [2.05, 4.69) is 164 Å². The molecule has 0 amide bonds. The van der Waals surface area contributed by atoms with Crippen LogP contribution in [0.2, 0.25) is 0 Å². The summed E-state index contributed by atoms with van der Waals surface area (Å²) in [6.07, 6.45) is 0. The molecule has 0 unspecified atom stereocenters. The van der Waals surface area contributed by atoms with Gasteiger partial charge in [0.2, 0.25) is 0 Å². The molecule has 0 saturated heterocycles. The van der Waals surface area contributed by atoms with E-state index >= 15 is 0 Å². The summed E-state index contributed by atoms with van der Waals surface area (Å²) in [6.45, 7) is 0. The molecule has 11 aromatic rings. The van der Waals surface area contributed by atoms with Crippen LogP contribution in [0.3, 0.4) is 0 Å². The molecule has 290 valence electrons. The number of rotatable bonds is 7. The highest BCUT2D eigenvalue weighted by atomic mass is 32.1. The van der Waals surface area contributed by atoms with E-state index in [-0.39, 0.29) is 0 Å². The predicted octanol–water partition coefficient (Wildman–Crippen LogP) is 14.9. The summed E-state index contributed by atoms with van der Waals surface area (Å²) in [4.78, 5) is 14.9. The van der Waals surface area contributed by atoms with E-state index < -0.39 is 5.41 Å². The zero-order chi connectivity index (χ0) is 41.0. The molecule has 2 heterocycles. The molecule has 0 N–H and O–H groups in total. The third-order valence-electron chi connectivity index (χ3n) is 12.4. The Morgan fingerprint density at radius 3 is 1.37 bits per heavy atom. The number of fused-ring (bicyclic) bond motifs is 6. The molecule has 0 aliphatic heterocycles. The average Bonchev–Trinajstić information content (AvgIpc) is 3.88. The molecule has 0 fully saturated rings. The molecule has 0 spiro atoms. The Morgan fingerprint density at radius 1 is 0.290 bits per heavy atom. The van der Waals surface area contributed by atoms with Crippen LogP contribution in [0.15, 0.2) is 224 Å². The fourth-order valence-electron chi connectivity index (χ4n) is 9.55. The molecule has 0 saturated carbocycles. The van der Waals surface area contributed by atoms with Gasteiger partial charge in [-0.1, -0.05) is 194 Å². The first kappa shape index (κ1) is 36.1. The van der Waals surface area contributed by atoms with Crippen LogP contribution >= 0.6 is 11.3 Å². The van der Waals surface area contributed by atoms with Crippen LogP contribution < -0.4 is 0 Å². The topological polar surface area (TPSA) is 38.7 Å². The number of thiophene rings is 1. The maximum atomic E-state index is 5.00. The molecular formula is C58H37N3S. The quantitative estimate of drug-likeness (QED) is 0.161. The van der Waals surface area contributed by atoms with Crippen LogP contribution in [0, 0.1) is 0 Å². The molecule has 12 rings (SSSR count). The normalized spacial score (nSPS) is 12.6. The number of aromatic nitrogens is 3. The maximum Gasteiger partial charge on any atom is 0.164 e. The van der Waals surface area contributed by atoms with E-state index in [1.54, 1.807) is 0 Å². The van der Waals surface area contributed by atoms with Crippen LogP contribution in [-0.2, 0) is 5.41 Å². The molecule has 62 heavy (non-hydrogen) atoms. The Bertz CT molecular complexity index is 3360. The first-order chi connectivity index (χ1) is 30.7. The van der Waals surface area contributed by atoms with Crippen LogP contribution in [-0.4, -0.2) is 15.0 Å². The molecule has 4 heteroatoms. The van der Waals surface area contributed by atoms with Crippen LogP contribution in [0.1, 0.15) is 22.3 Å². The largest absolute Gasteiger partial charge is 0.208 e. The third-order valence-corrected chi connectivity index (χ3v) is 13.6. The van der Waals surface area contributed by atoms with Gasteiger partial charge >= 0.3 is 0 Å². The summed E-state index contributed by atoms with van der Waals surface area (Å²) in [6, 6.07) is 80.8. The van der Waals surface area contributed by atoms with E-state index in [1.165, 1.54) is 59.1 Å². The standard InChI is InChI=1S/C58H37N3S/c1-3-15-39(16-4-1)55-59-56(40-17-5-2-6-18-40)61-57(60-55)44-22-14-21-43(36-44)42-20-13-19-41(35-42)38-29-31-45(32-30-38)58(51-26-10-7-23-47(51)48-24-8-11-27-52(48)58)46-33-34-54-50(37-46)49-25-9-12-28-53(49)62-54/h1-37H. The van der Waals surface area contributed by atoms with Gasteiger partial charge in [-0.15, -0.1) is 11.3 Å². The maximum absolute atomic E-state index is 5.00. The minimum Gasteiger partial charge on any atom is -0.208 e. The number of nitrogens with zero attached hydrogens (tertiary/aromatic N) is 3.